The first-order chi connectivity index (χ1) is 5.33. The van der Waals surface area contributed by atoms with E-state index in [4.69, 9.17) is 11.6 Å². The Balaban J connectivity index is 1.79. The molecule has 0 aromatic carbocycles. The van der Waals surface area contributed by atoms with Crippen molar-refractivity contribution in [2.45, 2.75) is 38.0 Å². The molecule has 1 fully saturated rings. The average Bonchev–Trinajstić information content (AvgIpc) is 2.81. The first-order valence-corrected chi connectivity index (χ1v) is 5.11. The molecule has 0 spiro atoms. The molecule has 1 rings (SSSR count). The quantitative estimate of drug-likeness (QED) is 0.483. The molecule has 0 aromatic heterocycles. The number of rotatable bonds is 6. The van der Waals surface area contributed by atoms with Gasteiger partial charge in [0, 0.05) is 11.9 Å². The fourth-order valence-electron chi connectivity index (χ4n) is 1.12. The van der Waals surface area contributed by atoms with Gasteiger partial charge in [-0.25, -0.2) is 0 Å². The SMILES string of the molecule is CCC(Cl)CNCCC1CC1. The van der Waals surface area contributed by atoms with Crippen LogP contribution in [0, 0.1) is 5.92 Å². The molecule has 1 N–H and O–H groups in total. The predicted molar refractivity (Wildman–Crippen MR) is 50.1 cm³/mol. The van der Waals surface area contributed by atoms with Crippen molar-refractivity contribution in [3.63, 3.8) is 0 Å². The summed E-state index contributed by atoms with van der Waals surface area (Å²) in [6.07, 6.45) is 5.34. The number of hydrogen-bond donors (Lipinski definition) is 1. The monoisotopic (exact) mass is 175 g/mol. The van der Waals surface area contributed by atoms with Gasteiger partial charge >= 0.3 is 0 Å². The third kappa shape index (κ3) is 4.65. The zero-order chi connectivity index (χ0) is 8.10. The predicted octanol–water partition coefficient (Wildman–Crippen LogP) is 2.39. The molecule has 1 atom stereocenters. The normalized spacial score (nSPS) is 20.2. The van der Waals surface area contributed by atoms with E-state index in [1.54, 1.807) is 0 Å². The highest BCUT2D eigenvalue weighted by atomic mass is 35.5. The van der Waals surface area contributed by atoms with E-state index in [1.165, 1.54) is 19.3 Å². The molecule has 1 unspecified atom stereocenters. The smallest absolute Gasteiger partial charge is 0.0458 e. The van der Waals surface area contributed by atoms with E-state index >= 15 is 0 Å². The molecule has 1 saturated carbocycles. The Hall–Kier alpha value is 0.250. The molecule has 0 amide bonds. The standard InChI is InChI=1S/C9H18ClN/c1-2-9(10)7-11-6-5-8-3-4-8/h8-9,11H,2-7H2,1H3. The van der Waals surface area contributed by atoms with Crippen LogP contribution in [0.2, 0.25) is 0 Å². The lowest BCUT2D eigenvalue weighted by molar-refractivity contribution is 0.595. The van der Waals surface area contributed by atoms with Crippen molar-refractivity contribution in [3.8, 4) is 0 Å². The van der Waals surface area contributed by atoms with E-state index in [0.717, 1.165) is 25.4 Å². The van der Waals surface area contributed by atoms with Crippen molar-refractivity contribution in [2.75, 3.05) is 13.1 Å². The van der Waals surface area contributed by atoms with Gasteiger partial charge in [-0.3, -0.25) is 0 Å². The second-order valence-electron chi connectivity index (χ2n) is 3.44. The number of hydrogen-bond acceptors (Lipinski definition) is 1. The minimum atomic E-state index is 0.328. The van der Waals surface area contributed by atoms with Crippen LogP contribution in [0.1, 0.15) is 32.6 Å². The van der Waals surface area contributed by atoms with Gasteiger partial charge in [-0.05, 0) is 25.3 Å². The summed E-state index contributed by atoms with van der Waals surface area (Å²) in [5.74, 6) is 1.04. The fraction of sp³-hybridized carbons (Fsp3) is 1.00. The average molecular weight is 176 g/mol. The molecule has 0 aromatic rings. The van der Waals surface area contributed by atoms with Crippen LogP contribution in [-0.4, -0.2) is 18.5 Å². The van der Waals surface area contributed by atoms with E-state index in [2.05, 4.69) is 12.2 Å². The highest BCUT2D eigenvalue weighted by Gasteiger charge is 2.19. The molecular weight excluding hydrogens is 158 g/mol. The maximum Gasteiger partial charge on any atom is 0.0458 e. The number of nitrogens with one attached hydrogen (secondary N) is 1. The van der Waals surface area contributed by atoms with Crippen LogP contribution in [0.25, 0.3) is 0 Å². The maximum absolute atomic E-state index is 5.93. The topological polar surface area (TPSA) is 12.0 Å². The number of halogens is 1. The van der Waals surface area contributed by atoms with Gasteiger partial charge in [0.15, 0.2) is 0 Å². The van der Waals surface area contributed by atoms with Gasteiger partial charge in [0.05, 0.1) is 0 Å². The van der Waals surface area contributed by atoms with Gasteiger partial charge in [-0.2, -0.15) is 0 Å². The maximum atomic E-state index is 5.93. The zero-order valence-electron chi connectivity index (χ0n) is 7.28. The molecule has 0 aliphatic heterocycles. The number of alkyl halides is 1. The lowest BCUT2D eigenvalue weighted by Crippen LogP contribution is -2.23. The fourth-order valence-corrected chi connectivity index (χ4v) is 1.22. The summed E-state index contributed by atoms with van der Waals surface area (Å²) < 4.78 is 0. The van der Waals surface area contributed by atoms with Gasteiger partial charge in [-0.15, -0.1) is 11.6 Å². The van der Waals surface area contributed by atoms with Gasteiger partial charge in [0.2, 0.25) is 0 Å². The van der Waals surface area contributed by atoms with E-state index in [0.29, 0.717) is 5.38 Å². The highest BCUT2D eigenvalue weighted by molar-refractivity contribution is 6.20. The van der Waals surface area contributed by atoms with Gasteiger partial charge in [0.25, 0.3) is 0 Å². The van der Waals surface area contributed by atoms with Gasteiger partial charge in [-0.1, -0.05) is 19.8 Å². The molecule has 0 heterocycles. The van der Waals surface area contributed by atoms with Crippen LogP contribution < -0.4 is 5.32 Å². The molecule has 0 bridgehead atoms. The van der Waals surface area contributed by atoms with Crippen LogP contribution >= 0.6 is 11.6 Å². The van der Waals surface area contributed by atoms with Crippen LogP contribution in [0.4, 0.5) is 0 Å². The van der Waals surface area contributed by atoms with E-state index in [-0.39, 0.29) is 0 Å². The van der Waals surface area contributed by atoms with Crippen molar-refractivity contribution in [1.29, 1.82) is 0 Å². The van der Waals surface area contributed by atoms with Crippen molar-refractivity contribution >= 4 is 11.6 Å². The van der Waals surface area contributed by atoms with Crippen LogP contribution in [0.3, 0.4) is 0 Å². The molecule has 11 heavy (non-hydrogen) atoms. The van der Waals surface area contributed by atoms with E-state index in [9.17, 15) is 0 Å². The van der Waals surface area contributed by atoms with Crippen molar-refractivity contribution in [2.24, 2.45) is 5.92 Å². The Labute approximate surface area is 74.5 Å². The van der Waals surface area contributed by atoms with E-state index < -0.39 is 0 Å². The van der Waals surface area contributed by atoms with Crippen molar-refractivity contribution in [1.82, 2.24) is 5.32 Å². The Bertz CT molecular complexity index is 102. The van der Waals surface area contributed by atoms with Crippen molar-refractivity contribution < 1.29 is 0 Å². The van der Waals surface area contributed by atoms with Crippen molar-refractivity contribution in [3.05, 3.63) is 0 Å². The third-order valence-electron chi connectivity index (χ3n) is 2.24. The summed E-state index contributed by atoms with van der Waals surface area (Å²) in [5.41, 5.74) is 0. The molecule has 0 saturated heterocycles. The summed E-state index contributed by atoms with van der Waals surface area (Å²) >= 11 is 5.93. The largest absolute Gasteiger partial charge is 0.315 e. The molecule has 0 radical (unpaired) electrons. The molecule has 66 valence electrons. The van der Waals surface area contributed by atoms with Crippen LogP contribution in [0.15, 0.2) is 0 Å². The molecule has 1 aliphatic carbocycles. The van der Waals surface area contributed by atoms with Crippen LogP contribution in [-0.2, 0) is 0 Å². The lowest BCUT2D eigenvalue weighted by atomic mass is 10.3. The second kappa shape index (κ2) is 5.00. The summed E-state index contributed by atoms with van der Waals surface area (Å²) in [7, 11) is 0. The van der Waals surface area contributed by atoms with Gasteiger partial charge < -0.3 is 5.32 Å². The van der Waals surface area contributed by atoms with Crippen LogP contribution in [0.5, 0.6) is 0 Å². The minimum absolute atomic E-state index is 0.328. The minimum Gasteiger partial charge on any atom is -0.315 e. The molecular formula is C9H18ClN. The molecule has 1 nitrogen and oxygen atoms in total. The first kappa shape index (κ1) is 9.34. The van der Waals surface area contributed by atoms with Gasteiger partial charge in [0.1, 0.15) is 0 Å². The Morgan fingerprint density at radius 1 is 1.55 bits per heavy atom. The summed E-state index contributed by atoms with van der Waals surface area (Å²) in [5, 5.41) is 3.70. The Kier molecular flexibility index (Phi) is 4.24. The first-order valence-electron chi connectivity index (χ1n) is 4.67. The lowest BCUT2D eigenvalue weighted by Gasteiger charge is -2.07. The van der Waals surface area contributed by atoms with E-state index in [1.807, 2.05) is 0 Å². The third-order valence-corrected chi connectivity index (χ3v) is 2.70. The molecule has 2 heteroatoms. The highest BCUT2D eigenvalue weighted by Crippen LogP contribution is 2.31. The second-order valence-corrected chi connectivity index (χ2v) is 4.06. The zero-order valence-corrected chi connectivity index (χ0v) is 8.03. The summed E-state index contributed by atoms with van der Waals surface area (Å²) in [6, 6.07) is 0. The summed E-state index contributed by atoms with van der Waals surface area (Å²) in [6.45, 7) is 4.26. The summed E-state index contributed by atoms with van der Waals surface area (Å²) in [4.78, 5) is 0. The molecule has 1 aliphatic rings. The Morgan fingerprint density at radius 2 is 2.27 bits per heavy atom. The Morgan fingerprint density at radius 3 is 2.82 bits per heavy atom.